The molecule has 1 unspecified atom stereocenters. The molecule has 0 spiro atoms. The largest absolute Gasteiger partial charge is 0.593 e. The normalized spacial score (nSPS) is 11.8. The second-order valence-electron chi connectivity index (χ2n) is 12.3. The maximum absolute atomic E-state index is 14.2. The summed E-state index contributed by atoms with van der Waals surface area (Å²) in [5.74, 6) is 0.477. The third-order valence-electron chi connectivity index (χ3n) is 8.15. The van der Waals surface area contributed by atoms with Gasteiger partial charge in [-0.15, -0.1) is 4.31 Å². The molecule has 0 bridgehead atoms. The van der Waals surface area contributed by atoms with Crippen LogP contribution in [0.5, 0.6) is 5.75 Å². The van der Waals surface area contributed by atoms with Crippen LogP contribution in [0.3, 0.4) is 0 Å². The summed E-state index contributed by atoms with van der Waals surface area (Å²) in [5, 5.41) is 0. The number of rotatable bonds is 14. The highest BCUT2D eigenvalue weighted by Gasteiger charge is 2.28. The van der Waals surface area contributed by atoms with Crippen molar-refractivity contribution in [3.63, 3.8) is 0 Å². The molecule has 0 saturated carbocycles. The lowest BCUT2D eigenvalue weighted by molar-refractivity contribution is -0.118. The van der Waals surface area contributed by atoms with Crippen LogP contribution in [-0.4, -0.2) is 28.4 Å². The molecular formula is C41H44N2O4S. The van der Waals surface area contributed by atoms with Gasteiger partial charge in [-0.05, 0) is 50.5 Å². The van der Waals surface area contributed by atoms with E-state index in [0.717, 1.165) is 49.4 Å². The van der Waals surface area contributed by atoms with Crippen molar-refractivity contribution >= 4 is 23.0 Å². The zero-order valence-corrected chi connectivity index (χ0v) is 29.3. The van der Waals surface area contributed by atoms with E-state index in [9.17, 15) is 9.35 Å². The highest BCUT2D eigenvalue weighted by atomic mass is 32.2. The molecule has 1 amide bonds. The molecule has 1 atom stereocenters. The molecule has 5 aromatic rings. The van der Waals surface area contributed by atoms with Gasteiger partial charge in [0.25, 0.3) is 0 Å². The predicted octanol–water partition coefficient (Wildman–Crippen LogP) is 8.40. The summed E-state index contributed by atoms with van der Waals surface area (Å²) < 4.78 is 27.9. The number of amides is 1. The molecule has 5 aromatic carbocycles. The molecule has 0 saturated heterocycles. The summed E-state index contributed by atoms with van der Waals surface area (Å²) in [5.41, 5.74) is 8.86. The maximum atomic E-state index is 14.2. The van der Waals surface area contributed by atoms with E-state index in [4.69, 9.17) is 9.47 Å². The Morgan fingerprint density at radius 1 is 0.688 bits per heavy atom. The summed E-state index contributed by atoms with van der Waals surface area (Å²) in [6.45, 7) is 9.52. The molecular weight excluding hydrogens is 617 g/mol. The first-order chi connectivity index (χ1) is 23.2. The van der Waals surface area contributed by atoms with E-state index in [1.54, 1.807) is 16.3 Å². The second kappa shape index (κ2) is 16.6. The summed E-state index contributed by atoms with van der Waals surface area (Å²) in [6, 6.07) is 38.1. The lowest BCUT2D eigenvalue weighted by atomic mass is 10.1. The van der Waals surface area contributed by atoms with Crippen LogP contribution in [0.15, 0.2) is 120 Å². The fourth-order valence-corrected chi connectivity index (χ4v) is 6.89. The number of carbonyl (C=O) groups excluding carboxylic acids is 1. The first-order valence-corrected chi connectivity index (χ1v) is 17.3. The zero-order chi connectivity index (χ0) is 34.0. The minimum absolute atomic E-state index is 0.0344. The summed E-state index contributed by atoms with van der Waals surface area (Å²) in [7, 11) is 1.73. The van der Waals surface area contributed by atoms with Crippen molar-refractivity contribution in [1.82, 2.24) is 4.31 Å². The van der Waals surface area contributed by atoms with E-state index in [2.05, 4.69) is 0 Å². The van der Waals surface area contributed by atoms with Crippen molar-refractivity contribution in [2.45, 2.75) is 59.0 Å². The standard InChI is InChI=1S/C41H44N2O4S/c1-30-16-18-34(19-17-30)25-43(40(44)26-42(5)48(45)41-32(3)22-31(2)23-33(41)4)38-21-20-37(29-46-27-35-12-8-6-9-13-35)39(24-38)47-28-36-14-10-7-11-15-36/h6-24H,25-29H2,1-5H3. The smallest absolute Gasteiger partial charge is 0.246 e. The summed E-state index contributed by atoms with van der Waals surface area (Å²) >= 11 is -1.51. The molecule has 5 rings (SSSR count). The van der Waals surface area contributed by atoms with Crippen molar-refractivity contribution in [3.05, 3.63) is 160 Å². The van der Waals surface area contributed by atoms with Crippen LogP contribution in [0.1, 0.15) is 44.5 Å². The molecule has 0 N–H and O–H groups in total. The molecule has 7 heteroatoms. The minimum Gasteiger partial charge on any atom is -0.593 e. The van der Waals surface area contributed by atoms with Gasteiger partial charge in [-0.25, -0.2) is 0 Å². The van der Waals surface area contributed by atoms with Gasteiger partial charge in [-0.3, -0.25) is 4.79 Å². The van der Waals surface area contributed by atoms with Crippen LogP contribution in [0, 0.1) is 27.7 Å². The molecule has 0 aliphatic heterocycles. The fourth-order valence-electron chi connectivity index (χ4n) is 5.69. The monoisotopic (exact) mass is 660 g/mol. The molecule has 0 radical (unpaired) electrons. The number of benzene rings is 5. The Labute approximate surface area is 288 Å². The van der Waals surface area contributed by atoms with Crippen molar-refractivity contribution in [2.75, 3.05) is 18.5 Å². The van der Waals surface area contributed by atoms with Crippen LogP contribution >= 0.6 is 0 Å². The molecule has 0 aliphatic carbocycles. The number of nitrogens with zero attached hydrogens (tertiary/aromatic N) is 2. The molecule has 0 aromatic heterocycles. The van der Waals surface area contributed by atoms with Crippen LogP contribution in [0.4, 0.5) is 5.69 Å². The first-order valence-electron chi connectivity index (χ1n) is 16.2. The summed E-state index contributed by atoms with van der Waals surface area (Å²) in [6.07, 6.45) is 0. The van der Waals surface area contributed by atoms with Gasteiger partial charge in [0.2, 0.25) is 5.91 Å². The van der Waals surface area contributed by atoms with E-state index in [1.165, 1.54) is 0 Å². The zero-order valence-electron chi connectivity index (χ0n) is 28.4. The molecule has 0 aliphatic rings. The van der Waals surface area contributed by atoms with E-state index in [-0.39, 0.29) is 12.5 Å². The van der Waals surface area contributed by atoms with E-state index in [0.29, 0.717) is 37.8 Å². The van der Waals surface area contributed by atoms with E-state index < -0.39 is 11.4 Å². The van der Waals surface area contributed by atoms with Crippen LogP contribution in [0.2, 0.25) is 0 Å². The molecule has 248 valence electrons. The number of aryl methyl sites for hydroxylation is 4. The lowest BCUT2D eigenvalue weighted by Gasteiger charge is -2.28. The van der Waals surface area contributed by atoms with Gasteiger partial charge >= 0.3 is 0 Å². The molecule has 0 heterocycles. The number of anilines is 1. The van der Waals surface area contributed by atoms with E-state index in [1.807, 2.05) is 143 Å². The number of likely N-dealkylation sites (N-methyl/N-ethyl adjacent to an activating group) is 1. The fraction of sp³-hybridized carbons (Fsp3) is 0.244. The van der Waals surface area contributed by atoms with Gasteiger partial charge in [-0.2, -0.15) is 0 Å². The Bertz CT molecular complexity index is 1770. The third kappa shape index (κ3) is 9.36. The van der Waals surface area contributed by atoms with Gasteiger partial charge in [0.15, 0.2) is 4.90 Å². The third-order valence-corrected chi connectivity index (χ3v) is 9.84. The minimum atomic E-state index is -1.51. The van der Waals surface area contributed by atoms with Gasteiger partial charge in [0.1, 0.15) is 18.9 Å². The van der Waals surface area contributed by atoms with Crippen LogP contribution < -0.4 is 9.64 Å². The molecule has 6 nitrogen and oxygen atoms in total. The van der Waals surface area contributed by atoms with Crippen molar-refractivity contribution in [1.29, 1.82) is 0 Å². The maximum Gasteiger partial charge on any atom is 0.246 e. The quantitative estimate of drug-likeness (QED) is 0.112. The number of carbonyl (C=O) groups is 1. The Balaban J connectivity index is 1.43. The number of ether oxygens (including phenoxy) is 2. The average molecular weight is 661 g/mol. The Hall–Kier alpha value is -4.40. The SMILES string of the molecule is Cc1ccc(CN(C(=O)CN(C)[S+]([O-])c2c(C)cc(C)cc2C)c2ccc(COCc3ccccc3)c(OCc3ccccc3)c2)cc1. The Morgan fingerprint density at radius 2 is 1.29 bits per heavy atom. The van der Waals surface area contributed by atoms with Gasteiger partial charge in [0, 0.05) is 35.5 Å². The summed E-state index contributed by atoms with van der Waals surface area (Å²) in [4.78, 5) is 16.7. The van der Waals surface area contributed by atoms with Gasteiger partial charge in [-0.1, -0.05) is 114 Å². The highest BCUT2D eigenvalue weighted by Crippen LogP contribution is 2.30. The lowest BCUT2D eigenvalue weighted by Crippen LogP contribution is -2.41. The van der Waals surface area contributed by atoms with E-state index >= 15 is 0 Å². The topological polar surface area (TPSA) is 65.1 Å². The van der Waals surface area contributed by atoms with Crippen molar-refractivity contribution in [3.8, 4) is 5.75 Å². The second-order valence-corrected chi connectivity index (χ2v) is 13.8. The Morgan fingerprint density at radius 3 is 1.92 bits per heavy atom. The highest BCUT2D eigenvalue weighted by molar-refractivity contribution is 7.89. The van der Waals surface area contributed by atoms with Gasteiger partial charge in [0.05, 0.1) is 31.1 Å². The van der Waals surface area contributed by atoms with Crippen LogP contribution in [0.25, 0.3) is 0 Å². The van der Waals surface area contributed by atoms with Crippen molar-refractivity contribution < 1.29 is 18.8 Å². The molecule has 48 heavy (non-hydrogen) atoms. The predicted molar refractivity (Wildman–Crippen MR) is 194 cm³/mol. The number of hydrogen-bond donors (Lipinski definition) is 0. The first kappa shape index (κ1) is 34.9. The number of hydrogen-bond acceptors (Lipinski definition) is 5. The van der Waals surface area contributed by atoms with Crippen molar-refractivity contribution in [2.24, 2.45) is 0 Å². The molecule has 0 fully saturated rings. The Kier molecular flexibility index (Phi) is 12.1. The average Bonchev–Trinajstić information content (AvgIpc) is 3.08. The van der Waals surface area contributed by atoms with Gasteiger partial charge < -0.3 is 18.9 Å². The van der Waals surface area contributed by atoms with Crippen LogP contribution in [-0.2, 0) is 47.3 Å².